The van der Waals surface area contributed by atoms with E-state index in [9.17, 15) is 4.79 Å². The Morgan fingerprint density at radius 3 is 2.95 bits per heavy atom. The predicted octanol–water partition coefficient (Wildman–Crippen LogP) is 3.27. The number of nitrogens with one attached hydrogen (secondary N) is 2. The Balaban J connectivity index is 1.63. The molecule has 0 spiro atoms. The third-order valence-corrected chi connectivity index (χ3v) is 4.37. The molecule has 2 heterocycles. The normalized spacial score (nSPS) is 10.8. The summed E-state index contributed by atoms with van der Waals surface area (Å²) in [6.45, 7) is 3.04. The first-order chi connectivity index (χ1) is 10.6. The first kappa shape index (κ1) is 14.6. The van der Waals surface area contributed by atoms with Crippen molar-refractivity contribution >= 4 is 28.4 Å². The number of urea groups is 1. The molecule has 3 aromatic rings. The lowest BCUT2D eigenvalue weighted by Gasteiger charge is -2.16. The van der Waals surface area contributed by atoms with Crippen molar-refractivity contribution in [2.75, 3.05) is 7.05 Å². The number of para-hydroxylation sites is 1. The maximum absolute atomic E-state index is 12.1. The molecule has 5 nitrogen and oxygen atoms in total. The fraction of sp³-hybridized carbons (Fsp3) is 0.250. The molecule has 0 unspecified atom stereocenters. The van der Waals surface area contributed by atoms with Gasteiger partial charge in [-0.05, 0) is 30.0 Å². The minimum atomic E-state index is -0.106. The number of aromatic amines is 1. The lowest BCUT2D eigenvalue weighted by atomic mass is 10.2. The number of rotatable bonds is 4. The Labute approximate surface area is 133 Å². The summed E-state index contributed by atoms with van der Waals surface area (Å²) in [6, 6.07) is 9.90. The van der Waals surface area contributed by atoms with E-state index in [-0.39, 0.29) is 6.03 Å². The number of thiophene rings is 1. The van der Waals surface area contributed by atoms with Crippen LogP contribution in [-0.2, 0) is 13.1 Å². The van der Waals surface area contributed by atoms with E-state index in [1.54, 1.807) is 23.3 Å². The topological polar surface area (TPSA) is 61.0 Å². The summed E-state index contributed by atoms with van der Waals surface area (Å²) in [5.41, 5.74) is 3.09. The van der Waals surface area contributed by atoms with Gasteiger partial charge in [0.1, 0.15) is 5.82 Å². The Hall–Kier alpha value is -2.34. The second-order valence-corrected chi connectivity index (χ2v) is 6.28. The van der Waals surface area contributed by atoms with Gasteiger partial charge in [-0.1, -0.05) is 18.2 Å². The number of nitrogens with zero attached hydrogens (tertiary/aromatic N) is 2. The van der Waals surface area contributed by atoms with Crippen molar-refractivity contribution < 1.29 is 4.79 Å². The van der Waals surface area contributed by atoms with Gasteiger partial charge in [0.2, 0.25) is 0 Å². The molecule has 0 fully saturated rings. The molecule has 22 heavy (non-hydrogen) atoms. The van der Waals surface area contributed by atoms with Crippen LogP contribution in [0.1, 0.15) is 16.3 Å². The van der Waals surface area contributed by atoms with Crippen molar-refractivity contribution in [3.05, 3.63) is 52.0 Å². The number of carbonyl (C=O) groups is 1. The van der Waals surface area contributed by atoms with E-state index in [0.29, 0.717) is 13.1 Å². The second kappa shape index (κ2) is 6.19. The van der Waals surface area contributed by atoms with Crippen LogP contribution in [0.5, 0.6) is 0 Å². The highest BCUT2D eigenvalue weighted by atomic mass is 32.1. The van der Waals surface area contributed by atoms with Gasteiger partial charge in [0.25, 0.3) is 0 Å². The zero-order valence-corrected chi connectivity index (χ0v) is 13.4. The summed E-state index contributed by atoms with van der Waals surface area (Å²) in [5.74, 6) is 0.790. The van der Waals surface area contributed by atoms with E-state index >= 15 is 0 Å². The Morgan fingerprint density at radius 1 is 1.36 bits per heavy atom. The van der Waals surface area contributed by atoms with Crippen molar-refractivity contribution in [2.45, 2.75) is 20.0 Å². The fourth-order valence-corrected chi connectivity index (χ4v) is 2.95. The number of benzene rings is 1. The van der Waals surface area contributed by atoms with E-state index in [0.717, 1.165) is 27.3 Å². The van der Waals surface area contributed by atoms with Crippen LogP contribution in [0.2, 0.25) is 0 Å². The molecule has 2 amide bonds. The van der Waals surface area contributed by atoms with Gasteiger partial charge in [-0.3, -0.25) is 0 Å². The molecule has 0 radical (unpaired) electrons. The lowest BCUT2D eigenvalue weighted by molar-refractivity contribution is 0.205. The van der Waals surface area contributed by atoms with E-state index < -0.39 is 0 Å². The molecule has 3 rings (SSSR count). The van der Waals surface area contributed by atoms with Gasteiger partial charge in [-0.25, -0.2) is 9.78 Å². The third-order valence-electron chi connectivity index (χ3n) is 3.49. The van der Waals surface area contributed by atoms with Crippen LogP contribution in [-0.4, -0.2) is 27.9 Å². The van der Waals surface area contributed by atoms with Crippen molar-refractivity contribution in [3.63, 3.8) is 0 Å². The zero-order valence-electron chi connectivity index (χ0n) is 12.6. The van der Waals surface area contributed by atoms with Gasteiger partial charge < -0.3 is 15.2 Å². The summed E-state index contributed by atoms with van der Waals surface area (Å²) in [5, 5.41) is 4.91. The molecule has 1 aromatic carbocycles. The van der Waals surface area contributed by atoms with Crippen molar-refractivity contribution in [1.29, 1.82) is 0 Å². The smallest absolute Gasteiger partial charge is 0.317 e. The minimum absolute atomic E-state index is 0.106. The molecule has 0 saturated heterocycles. The summed E-state index contributed by atoms with van der Waals surface area (Å²) in [4.78, 5) is 22.7. The second-order valence-electron chi connectivity index (χ2n) is 5.25. The van der Waals surface area contributed by atoms with Crippen molar-refractivity contribution in [2.24, 2.45) is 0 Å². The maximum atomic E-state index is 12.1. The SMILES string of the molecule is Cc1cccc2[nH]c(CN(C)C(=O)NCc3cccs3)nc12. The number of aromatic nitrogens is 2. The highest BCUT2D eigenvalue weighted by Crippen LogP contribution is 2.16. The molecule has 0 aliphatic heterocycles. The van der Waals surface area contributed by atoms with Crippen LogP contribution in [0.3, 0.4) is 0 Å². The highest BCUT2D eigenvalue weighted by molar-refractivity contribution is 7.09. The van der Waals surface area contributed by atoms with Gasteiger partial charge in [0.15, 0.2) is 0 Å². The molecule has 0 atom stereocenters. The lowest BCUT2D eigenvalue weighted by Crippen LogP contribution is -2.36. The number of hydrogen-bond acceptors (Lipinski definition) is 3. The van der Waals surface area contributed by atoms with Crippen LogP contribution in [0.15, 0.2) is 35.7 Å². The largest absolute Gasteiger partial charge is 0.340 e. The predicted molar refractivity (Wildman–Crippen MR) is 88.9 cm³/mol. The van der Waals surface area contributed by atoms with Crippen LogP contribution >= 0.6 is 11.3 Å². The first-order valence-corrected chi connectivity index (χ1v) is 7.97. The molecule has 2 N–H and O–H groups in total. The summed E-state index contributed by atoms with van der Waals surface area (Å²) in [6.07, 6.45) is 0. The number of H-pyrrole nitrogens is 1. The van der Waals surface area contributed by atoms with Gasteiger partial charge in [-0.15, -0.1) is 11.3 Å². The number of hydrogen-bond donors (Lipinski definition) is 2. The van der Waals surface area contributed by atoms with Gasteiger partial charge in [0.05, 0.1) is 24.1 Å². The minimum Gasteiger partial charge on any atom is -0.340 e. The molecular formula is C16H18N4OS. The van der Waals surface area contributed by atoms with Crippen LogP contribution in [0.4, 0.5) is 4.79 Å². The van der Waals surface area contributed by atoms with Crippen LogP contribution in [0.25, 0.3) is 11.0 Å². The van der Waals surface area contributed by atoms with E-state index in [4.69, 9.17) is 0 Å². The highest BCUT2D eigenvalue weighted by Gasteiger charge is 2.12. The third kappa shape index (κ3) is 3.12. The zero-order chi connectivity index (χ0) is 15.5. The average molecular weight is 314 g/mol. The number of amides is 2. The molecule has 6 heteroatoms. The monoisotopic (exact) mass is 314 g/mol. The number of fused-ring (bicyclic) bond motifs is 1. The van der Waals surface area contributed by atoms with Gasteiger partial charge in [0, 0.05) is 11.9 Å². The summed E-state index contributed by atoms with van der Waals surface area (Å²) < 4.78 is 0. The first-order valence-electron chi connectivity index (χ1n) is 7.09. The van der Waals surface area contributed by atoms with Crippen LogP contribution < -0.4 is 5.32 Å². The Morgan fingerprint density at radius 2 is 2.23 bits per heavy atom. The Bertz CT molecular complexity index is 779. The van der Waals surface area contributed by atoms with E-state index in [1.165, 1.54) is 0 Å². The van der Waals surface area contributed by atoms with Gasteiger partial charge in [-0.2, -0.15) is 0 Å². The van der Waals surface area contributed by atoms with Crippen molar-refractivity contribution in [1.82, 2.24) is 20.2 Å². The fourth-order valence-electron chi connectivity index (χ4n) is 2.31. The molecule has 0 bridgehead atoms. The standard InChI is InChI=1S/C16H18N4OS/c1-11-5-3-7-13-15(11)19-14(18-13)10-20(2)16(21)17-9-12-6-4-8-22-12/h3-8H,9-10H2,1-2H3,(H,17,21)(H,18,19). The molecule has 2 aromatic heterocycles. The van der Waals surface area contributed by atoms with E-state index in [2.05, 4.69) is 15.3 Å². The molecular weight excluding hydrogens is 296 g/mol. The molecule has 0 saturated carbocycles. The average Bonchev–Trinajstić information content (AvgIpc) is 3.14. The quantitative estimate of drug-likeness (QED) is 0.776. The van der Waals surface area contributed by atoms with Gasteiger partial charge >= 0.3 is 6.03 Å². The maximum Gasteiger partial charge on any atom is 0.317 e. The Kier molecular flexibility index (Phi) is 4.11. The summed E-state index contributed by atoms with van der Waals surface area (Å²) >= 11 is 1.63. The molecule has 114 valence electrons. The number of aryl methyl sites for hydroxylation is 1. The van der Waals surface area contributed by atoms with E-state index in [1.807, 2.05) is 42.6 Å². The van der Waals surface area contributed by atoms with Crippen LogP contribution in [0, 0.1) is 6.92 Å². The number of imidazole rings is 1. The molecule has 0 aliphatic rings. The molecule has 0 aliphatic carbocycles. The summed E-state index contributed by atoms with van der Waals surface area (Å²) in [7, 11) is 1.77. The number of carbonyl (C=O) groups excluding carboxylic acids is 1. The van der Waals surface area contributed by atoms with Crippen molar-refractivity contribution in [3.8, 4) is 0 Å².